The molecular weight excluding hydrogens is 248 g/mol. The van der Waals surface area contributed by atoms with E-state index in [2.05, 4.69) is 0 Å². The van der Waals surface area contributed by atoms with Crippen molar-refractivity contribution in [3.63, 3.8) is 0 Å². The van der Waals surface area contributed by atoms with Crippen molar-refractivity contribution in [1.82, 2.24) is 0 Å². The third kappa shape index (κ3) is 2.84. The molecule has 92 valence electrons. The van der Waals surface area contributed by atoms with Crippen LogP contribution < -0.4 is 0 Å². The molecule has 0 heterocycles. The Morgan fingerprint density at radius 2 is 1.61 bits per heavy atom. The Bertz CT molecular complexity index is 579. The van der Waals surface area contributed by atoms with Crippen molar-refractivity contribution in [2.45, 2.75) is 10.6 Å². The van der Waals surface area contributed by atoms with Gasteiger partial charge in [-0.1, -0.05) is 36.4 Å². The van der Waals surface area contributed by atoms with Crippen LogP contribution in [0.15, 0.2) is 59.5 Å². The Labute approximate surface area is 108 Å². The second kappa shape index (κ2) is 5.60. The van der Waals surface area contributed by atoms with E-state index in [1.807, 2.05) is 18.2 Å². The highest BCUT2D eigenvalue weighted by Crippen LogP contribution is 2.15. The van der Waals surface area contributed by atoms with E-state index in [0.717, 1.165) is 0 Å². The van der Waals surface area contributed by atoms with Crippen LogP contribution in [0.4, 0.5) is 0 Å². The fourth-order valence-electron chi connectivity index (χ4n) is 1.65. The average Bonchev–Trinajstić information content (AvgIpc) is 2.40. The second-order valence-corrected chi connectivity index (χ2v) is 5.22. The molecule has 1 N–H and O–H groups in total. The minimum Gasteiger partial charge on any atom is -0.478 e. The van der Waals surface area contributed by atoms with Gasteiger partial charge in [0.25, 0.3) is 0 Å². The van der Waals surface area contributed by atoms with Crippen LogP contribution in [-0.4, -0.2) is 15.3 Å². The molecule has 0 fully saturated rings. The van der Waals surface area contributed by atoms with Crippen molar-refractivity contribution in [3.8, 4) is 0 Å². The smallest absolute Gasteiger partial charge is 0.335 e. The summed E-state index contributed by atoms with van der Waals surface area (Å²) in [6.45, 7) is 0. The van der Waals surface area contributed by atoms with Gasteiger partial charge >= 0.3 is 5.97 Å². The van der Waals surface area contributed by atoms with Crippen molar-refractivity contribution in [2.75, 3.05) is 0 Å². The number of rotatable bonds is 4. The fourth-order valence-corrected chi connectivity index (χ4v) is 2.81. The summed E-state index contributed by atoms with van der Waals surface area (Å²) < 4.78 is 12.1. The molecule has 3 nitrogen and oxygen atoms in total. The predicted octanol–water partition coefficient (Wildman–Crippen LogP) is 2.69. The van der Waals surface area contributed by atoms with Gasteiger partial charge in [-0.3, -0.25) is 4.21 Å². The molecule has 0 saturated heterocycles. The van der Waals surface area contributed by atoms with Gasteiger partial charge in [0.1, 0.15) is 0 Å². The molecule has 0 aromatic heterocycles. The first kappa shape index (κ1) is 12.5. The van der Waals surface area contributed by atoms with E-state index in [1.165, 1.54) is 6.07 Å². The minimum absolute atomic E-state index is 0.210. The topological polar surface area (TPSA) is 54.4 Å². The summed E-state index contributed by atoms with van der Waals surface area (Å²) in [5, 5.41) is 9.05. The van der Waals surface area contributed by atoms with Gasteiger partial charge in [-0.25, -0.2) is 4.79 Å². The molecule has 0 aliphatic carbocycles. The van der Waals surface area contributed by atoms with Gasteiger partial charge in [0, 0.05) is 4.90 Å². The highest BCUT2D eigenvalue weighted by atomic mass is 32.2. The van der Waals surface area contributed by atoms with Crippen molar-refractivity contribution in [3.05, 3.63) is 65.7 Å². The van der Waals surface area contributed by atoms with Crippen LogP contribution in [0.2, 0.25) is 0 Å². The lowest BCUT2D eigenvalue weighted by Crippen LogP contribution is -2.05. The molecule has 2 aromatic carbocycles. The summed E-state index contributed by atoms with van der Waals surface area (Å²) in [4.78, 5) is 11.7. The van der Waals surface area contributed by atoms with Gasteiger partial charge in [0.2, 0.25) is 0 Å². The van der Waals surface area contributed by atoms with Crippen LogP contribution in [0, 0.1) is 0 Å². The third-order valence-electron chi connectivity index (χ3n) is 2.54. The van der Waals surface area contributed by atoms with E-state index in [-0.39, 0.29) is 11.3 Å². The number of aromatic carboxylic acids is 1. The Morgan fingerprint density at radius 3 is 2.28 bits per heavy atom. The lowest BCUT2D eigenvalue weighted by Gasteiger charge is -2.05. The highest BCUT2D eigenvalue weighted by Gasteiger charge is 2.12. The molecule has 18 heavy (non-hydrogen) atoms. The molecule has 0 spiro atoms. The van der Waals surface area contributed by atoms with Crippen LogP contribution in [0.25, 0.3) is 0 Å². The molecule has 0 unspecified atom stereocenters. The summed E-state index contributed by atoms with van der Waals surface area (Å²) in [5.74, 6) is -0.775. The molecule has 2 rings (SSSR count). The molecule has 0 bridgehead atoms. The summed E-state index contributed by atoms with van der Waals surface area (Å²) in [7, 11) is -1.22. The number of carboxylic acid groups (broad SMARTS) is 1. The maximum absolute atomic E-state index is 12.1. The Hall–Kier alpha value is -1.94. The molecule has 0 amide bonds. The zero-order chi connectivity index (χ0) is 13.0. The second-order valence-electron chi connectivity index (χ2n) is 3.77. The zero-order valence-electron chi connectivity index (χ0n) is 9.58. The molecule has 0 aliphatic heterocycles. The Balaban J connectivity index is 2.25. The molecule has 0 saturated carbocycles. The van der Waals surface area contributed by atoms with Crippen LogP contribution in [0.3, 0.4) is 0 Å². The Morgan fingerprint density at radius 1 is 1.00 bits per heavy atom. The summed E-state index contributed by atoms with van der Waals surface area (Å²) in [5.41, 5.74) is 0.800. The van der Waals surface area contributed by atoms with Crippen molar-refractivity contribution in [1.29, 1.82) is 0 Å². The van der Waals surface area contributed by atoms with E-state index in [0.29, 0.717) is 10.5 Å². The predicted molar refractivity (Wildman–Crippen MR) is 70.0 cm³/mol. The summed E-state index contributed by atoms with van der Waals surface area (Å²) in [6, 6.07) is 15.7. The van der Waals surface area contributed by atoms with E-state index in [9.17, 15) is 9.00 Å². The largest absolute Gasteiger partial charge is 0.478 e. The van der Waals surface area contributed by atoms with E-state index < -0.39 is 16.8 Å². The standard InChI is InChI=1S/C14H12O3S/c15-14(16)13-9-5-4-6-11(13)10-18(17)12-7-2-1-3-8-12/h1-9H,10H2,(H,15,16)/t18-/m1/s1. The molecule has 1 atom stereocenters. The molecule has 4 heteroatoms. The average molecular weight is 260 g/mol. The molecule has 2 aromatic rings. The molecule has 0 radical (unpaired) electrons. The molecular formula is C14H12O3S. The van der Waals surface area contributed by atoms with Crippen LogP contribution in [0.1, 0.15) is 15.9 Å². The maximum Gasteiger partial charge on any atom is 0.335 e. The normalized spacial score (nSPS) is 12.0. The third-order valence-corrected chi connectivity index (χ3v) is 3.91. The van der Waals surface area contributed by atoms with E-state index in [1.54, 1.807) is 30.3 Å². The maximum atomic E-state index is 12.1. The quantitative estimate of drug-likeness (QED) is 0.919. The number of benzene rings is 2. The SMILES string of the molecule is O=C(O)c1ccccc1C[S@@](=O)c1ccccc1. The van der Waals surface area contributed by atoms with Gasteiger partial charge in [0.15, 0.2) is 0 Å². The number of carboxylic acids is 1. The number of carbonyl (C=O) groups is 1. The number of hydrogen-bond acceptors (Lipinski definition) is 2. The van der Waals surface area contributed by atoms with Gasteiger partial charge in [-0.05, 0) is 23.8 Å². The Kier molecular flexibility index (Phi) is 3.89. The van der Waals surface area contributed by atoms with Crippen LogP contribution in [0.5, 0.6) is 0 Å². The fraction of sp³-hybridized carbons (Fsp3) is 0.0714. The number of hydrogen-bond donors (Lipinski definition) is 1. The van der Waals surface area contributed by atoms with Gasteiger partial charge in [-0.2, -0.15) is 0 Å². The van der Waals surface area contributed by atoms with Gasteiger partial charge < -0.3 is 5.11 Å². The van der Waals surface area contributed by atoms with Crippen LogP contribution in [-0.2, 0) is 16.6 Å². The van der Waals surface area contributed by atoms with Crippen molar-refractivity contribution in [2.24, 2.45) is 0 Å². The first-order chi connectivity index (χ1) is 8.68. The first-order valence-electron chi connectivity index (χ1n) is 5.43. The lowest BCUT2D eigenvalue weighted by atomic mass is 10.1. The van der Waals surface area contributed by atoms with Crippen molar-refractivity contribution >= 4 is 16.8 Å². The van der Waals surface area contributed by atoms with Gasteiger partial charge in [-0.15, -0.1) is 0 Å². The lowest BCUT2D eigenvalue weighted by molar-refractivity contribution is 0.0696. The molecule has 0 aliphatic rings. The minimum atomic E-state index is -1.22. The highest BCUT2D eigenvalue weighted by molar-refractivity contribution is 7.84. The first-order valence-corrected chi connectivity index (χ1v) is 6.75. The van der Waals surface area contributed by atoms with E-state index >= 15 is 0 Å². The summed E-state index contributed by atoms with van der Waals surface area (Å²) >= 11 is 0. The van der Waals surface area contributed by atoms with Crippen LogP contribution >= 0.6 is 0 Å². The monoisotopic (exact) mass is 260 g/mol. The zero-order valence-corrected chi connectivity index (χ0v) is 10.4. The van der Waals surface area contributed by atoms with E-state index in [4.69, 9.17) is 5.11 Å². The summed E-state index contributed by atoms with van der Waals surface area (Å²) in [6.07, 6.45) is 0. The van der Waals surface area contributed by atoms with Gasteiger partial charge in [0.05, 0.1) is 22.1 Å². The van der Waals surface area contributed by atoms with Crippen molar-refractivity contribution < 1.29 is 14.1 Å².